The Labute approximate surface area is 169 Å². The Morgan fingerprint density at radius 3 is 2.31 bits per heavy atom. The van der Waals surface area contributed by atoms with E-state index in [2.05, 4.69) is 34.6 Å². The lowest BCUT2D eigenvalue weighted by molar-refractivity contribution is 0.213. The predicted octanol–water partition coefficient (Wildman–Crippen LogP) is 4.49. The molecule has 5 nitrogen and oxygen atoms in total. The Bertz CT molecular complexity index is 1120. The first-order valence-electron chi connectivity index (χ1n) is 10.1. The number of H-pyrrole nitrogens is 1. The third-order valence-electron chi connectivity index (χ3n) is 6.09. The summed E-state index contributed by atoms with van der Waals surface area (Å²) < 4.78 is 0. The van der Waals surface area contributed by atoms with Gasteiger partial charge in [0, 0.05) is 12.7 Å². The zero-order valence-electron chi connectivity index (χ0n) is 16.4. The molecule has 0 unspecified atom stereocenters. The number of nitrogens with zero attached hydrogens (tertiary/aromatic N) is 1. The Morgan fingerprint density at radius 2 is 1.62 bits per heavy atom. The number of aromatic nitrogens is 1. The molecule has 0 saturated carbocycles. The lowest BCUT2D eigenvalue weighted by Crippen LogP contribution is -2.36. The third kappa shape index (κ3) is 2.94. The van der Waals surface area contributed by atoms with Crippen molar-refractivity contribution in [2.75, 3.05) is 12.4 Å². The third-order valence-corrected chi connectivity index (χ3v) is 6.09. The van der Waals surface area contributed by atoms with Crippen LogP contribution in [0.5, 0.6) is 0 Å². The van der Waals surface area contributed by atoms with Crippen LogP contribution in [0.4, 0.5) is 10.5 Å². The maximum Gasteiger partial charge on any atom is 0.322 e. The van der Waals surface area contributed by atoms with Crippen LogP contribution in [0.15, 0.2) is 59.4 Å². The molecule has 2 N–H and O–H groups in total. The van der Waals surface area contributed by atoms with Gasteiger partial charge in [-0.05, 0) is 59.6 Å². The minimum absolute atomic E-state index is 0.181. The molecule has 0 radical (unpaired) electrons. The van der Waals surface area contributed by atoms with E-state index < -0.39 is 0 Å². The van der Waals surface area contributed by atoms with Crippen LogP contribution in [-0.2, 0) is 12.8 Å². The van der Waals surface area contributed by atoms with Gasteiger partial charge in [0.2, 0.25) is 0 Å². The number of hydrogen-bond donors (Lipinski definition) is 2. The van der Waals surface area contributed by atoms with Crippen molar-refractivity contribution in [2.45, 2.75) is 31.7 Å². The molecule has 0 bridgehead atoms. The van der Waals surface area contributed by atoms with Crippen LogP contribution < -0.4 is 10.9 Å². The largest absolute Gasteiger partial charge is 0.324 e. The predicted molar refractivity (Wildman–Crippen MR) is 114 cm³/mol. The van der Waals surface area contributed by atoms with Crippen LogP contribution in [0, 0.1) is 0 Å². The number of anilines is 1. The highest BCUT2D eigenvalue weighted by Crippen LogP contribution is 2.45. The van der Waals surface area contributed by atoms with E-state index >= 15 is 0 Å². The van der Waals surface area contributed by atoms with Crippen LogP contribution in [0.3, 0.4) is 0 Å². The van der Waals surface area contributed by atoms with Crippen molar-refractivity contribution in [1.29, 1.82) is 0 Å². The van der Waals surface area contributed by atoms with E-state index in [9.17, 15) is 9.59 Å². The molecule has 29 heavy (non-hydrogen) atoms. The Hall–Kier alpha value is -3.34. The summed E-state index contributed by atoms with van der Waals surface area (Å²) in [6.45, 7) is 0. The summed E-state index contributed by atoms with van der Waals surface area (Å²) in [7, 11) is 1.78. The first kappa shape index (κ1) is 17.7. The lowest BCUT2D eigenvalue weighted by Gasteiger charge is -2.27. The van der Waals surface area contributed by atoms with Gasteiger partial charge in [-0.3, -0.25) is 4.79 Å². The van der Waals surface area contributed by atoms with Gasteiger partial charge in [-0.25, -0.2) is 4.79 Å². The highest BCUT2D eigenvalue weighted by Gasteiger charge is 2.33. The second-order valence-corrected chi connectivity index (χ2v) is 7.84. The number of carbonyl (C=O) groups excluding carboxylic acids is 1. The van der Waals surface area contributed by atoms with Gasteiger partial charge in [-0.15, -0.1) is 0 Å². The zero-order chi connectivity index (χ0) is 20.0. The summed E-state index contributed by atoms with van der Waals surface area (Å²) in [5.74, 6) is 0. The second kappa shape index (κ2) is 6.92. The fourth-order valence-electron chi connectivity index (χ4n) is 4.63. The summed E-state index contributed by atoms with van der Waals surface area (Å²) in [5.41, 5.74) is 6.73. The van der Waals surface area contributed by atoms with E-state index in [-0.39, 0.29) is 17.6 Å². The standard InChI is InChI=1S/C24H23N3O2/c1-27(22-18-11-5-3-9-16(18)17-10-4-6-12-19(17)22)24(29)26-21-14-15-8-2-7-13-20(15)25-23(21)28/h3-6,9-12,14,22H,2,7-8,13H2,1H3,(H,25,28)(H,26,29). The van der Waals surface area contributed by atoms with Crippen LogP contribution in [-0.4, -0.2) is 23.0 Å². The monoisotopic (exact) mass is 385 g/mol. The topological polar surface area (TPSA) is 65.2 Å². The number of pyridine rings is 1. The Balaban J connectivity index is 1.46. The fourth-order valence-corrected chi connectivity index (χ4v) is 4.63. The van der Waals surface area contributed by atoms with Crippen LogP contribution in [0.2, 0.25) is 0 Å². The lowest BCUT2D eigenvalue weighted by atomic mass is 9.96. The summed E-state index contributed by atoms with van der Waals surface area (Å²) >= 11 is 0. The number of amides is 2. The highest BCUT2D eigenvalue weighted by molar-refractivity contribution is 5.91. The maximum absolute atomic E-state index is 13.1. The Morgan fingerprint density at radius 1 is 1.00 bits per heavy atom. The molecule has 2 amide bonds. The van der Waals surface area contributed by atoms with E-state index in [1.54, 1.807) is 11.9 Å². The molecular weight excluding hydrogens is 362 g/mol. The van der Waals surface area contributed by atoms with E-state index in [4.69, 9.17) is 0 Å². The van der Waals surface area contributed by atoms with Gasteiger partial charge in [0.05, 0.1) is 6.04 Å². The van der Waals surface area contributed by atoms with Crippen LogP contribution in [0.25, 0.3) is 11.1 Å². The SMILES string of the molecule is CN(C(=O)Nc1cc2c([nH]c1=O)CCCC2)C1c2ccccc2-c2ccccc21. The van der Waals surface area contributed by atoms with Crippen molar-refractivity contribution in [3.63, 3.8) is 0 Å². The van der Waals surface area contributed by atoms with Gasteiger partial charge in [0.25, 0.3) is 5.56 Å². The fraction of sp³-hybridized carbons (Fsp3) is 0.250. The molecule has 1 heterocycles. The molecule has 0 atom stereocenters. The first-order valence-corrected chi connectivity index (χ1v) is 10.1. The summed E-state index contributed by atoms with van der Waals surface area (Å²) in [6, 6.07) is 17.7. The number of urea groups is 1. The summed E-state index contributed by atoms with van der Waals surface area (Å²) in [6.07, 6.45) is 4.04. The Kier molecular flexibility index (Phi) is 4.23. The molecule has 0 fully saturated rings. The molecule has 0 spiro atoms. The summed E-state index contributed by atoms with van der Waals surface area (Å²) in [4.78, 5) is 30.2. The number of fused-ring (bicyclic) bond motifs is 4. The van der Waals surface area contributed by atoms with Crippen molar-refractivity contribution < 1.29 is 4.79 Å². The number of carbonyl (C=O) groups is 1. The zero-order valence-corrected chi connectivity index (χ0v) is 16.4. The number of hydrogen-bond acceptors (Lipinski definition) is 2. The van der Waals surface area contributed by atoms with Gasteiger partial charge in [-0.2, -0.15) is 0 Å². The average Bonchev–Trinajstić information content (AvgIpc) is 3.08. The number of benzene rings is 2. The molecule has 2 aliphatic carbocycles. The van der Waals surface area contributed by atoms with Gasteiger partial charge in [0.15, 0.2) is 0 Å². The van der Waals surface area contributed by atoms with Crippen molar-refractivity contribution in [3.05, 3.63) is 87.3 Å². The number of aromatic amines is 1. The highest BCUT2D eigenvalue weighted by atomic mass is 16.2. The minimum Gasteiger partial charge on any atom is -0.324 e. The number of nitrogens with one attached hydrogen (secondary N) is 2. The number of aryl methyl sites for hydroxylation is 2. The van der Waals surface area contributed by atoms with Gasteiger partial charge >= 0.3 is 6.03 Å². The van der Waals surface area contributed by atoms with Crippen LogP contribution >= 0.6 is 0 Å². The molecule has 1 aromatic heterocycles. The summed E-state index contributed by atoms with van der Waals surface area (Å²) in [5, 5.41) is 2.84. The van der Waals surface area contributed by atoms with Gasteiger partial charge in [-0.1, -0.05) is 48.5 Å². The second-order valence-electron chi connectivity index (χ2n) is 7.84. The first-order chi connectivity index (χ1) is 14.1. The van der Waals surface area contributed by atoms with Crippen LogP contribution in [0.1, 0.15) is 41.3 Å². The quantitative estimate of drug-likeness (QED) is 0.683. The van der Waals surface area contributed by atoms with E-state index in [1.807, 2.05) is 30.3 Å². The normalized spacial score (nSPS) is 14.7. The van der Waals surface area contributed by atoms with E-state index in [0.717, 1.165) is 59.2 Å². The van der Waals surface area contributed by atoms with Gasteiger partial charge < -0.3 is 15.2 Å². The van der Waals surface area contributed by atoms with Crippen molar-refractivity contribution in [2.24, 2.45) is 0 Å². The molecule has 146 valence electrons. The van der Waals surface area contributed by atoms with Crippen molar-refractivity contribution in [3.8, 4) is 11.1 Å². The van der Waals surface area contributed by atoms with E-state index in [1.165, 1.54) is 0 Å². The van der Waals surface area contributed by atoms with Crippen molar-refractivity contribution in [1.82, 2.24) is 9.88 Å². The molecule has 2 aliphatic rings. The average molecular weight is 385 g/mol. The molecule has 0 aliphatic heterocycles. The van der Waals surface area contributed by atoms with Crippen molar-refractivity contribution >= 4 is 11.7 Å². The maximum atomic E-state index is 13.1. The van der Waals surface area contributed by atoms with E-state index in [0.29, 0.717) is 5.69 Å². The number of rotatable bonds is 2. The molecule has 2 aromatic carbocycles. The van der Waals surface area contributed by atoms with Gasteiger partial charge in [0.1, 0.15) is 5.69 Å². The smallest absolute Gasteiger partial charge is 0.322 e. The molecule has 5 rings (SSSR count). The minimum atomic E-state index is -0.289. The molecule has 0 saturated heterocycles. The molecule has 5 heteroatoms. The molecular formula is C24H23N3O2. The molecule has 3 aromatic rings.